The van der Waals surface area contributed by atoms with E-state index in [9.17, 15) is 9.50 Å². The predicted molar refractivity (Wildman–Crippen MR) is 138 cm³/mol. The number of benzene rings is 3. The van der Waals surface area contributed by atoms with E-state index in [0.29, 0.717) is 11.6 Å². The summed E-state index contributed by atoms with van der Waals surface area (Å²) in [5.74, 6) is 1.91. The number of aromatic hydroxyl groups is 1. The Balaban J connectivity index is 1.36. The molecule has 2 aliphatic heterocycles. The average molecular weight is 494 g/mol. The number of hydrogen-bond acceptors (Lipinski definition) is 4. The third kappa shape index (κ3) is 5.16. The van der Waals surface area contributed by atoms with E-state index in [1.54, 1.807) is 12.1 Å². The summed E-state index contributed by atoms with van der Waals surface area (Å²) in [6.45, 7) is 4.95. The first kappa shape index (κ1) is 23.7. The van der Waals surface area contributed by atoms with Crippen LogP contribution in [0.3, 0.4) is 0 Å². The van der Waals surface area contributed by atoms with Crippen molar-refractivity contribution in [2.45, 2.75) is 19.4 Å². The lowest BCUT2D eigenvalue weighted by Crippen LogP contribution is -2.26. The number of alkyl halides is 1. The summed E-state index contributed by atoms with van der Waals surface area (Å²) in [7, 11) is 0. The van der Waals surface area contributed by atoms with Gasteiger partial charge in [0.2, 0.25) is 0 Å². The Morgan fingerprint density at radius 1 is 1.09 bits per heavy atom. The molecule has 0 spiro atoms. The molecule has 1 saturated heterocycles. The van der Waals surface area contributed by atoms with Crippen molar-refractivity contribution in [3.8, 4) is 17.2 Å². The summed E-state index contributed by atoms with van der Waals surface area (Å²) in [5, 5.41) is 10.7. The van der Waals surface area contributed by atoms with Crippen LogP contribution in [0.2, 0.25) is 5.02 Å². The van der Waals surface area contributed by atoms with Crippen LogP contribution < -0.4 is 9.47 Å². The molecule has 0 amide bonds. The van der Waals surface area contributed by atoms with Gasteiger partial charge in [-0.1, -0.05) is 35.9 Å². The Morgan fingerprint density at radius 2 is 1.86 bits per heavy atom. The lowest BCUT2D eigenvalue weighted by molar-refractivity contribution is 0.228. The Bertz CT molecular complexity index is 1210. The summed E-state index contributed by atoms with van der Waals surface area (Å²) in [5.41, 5.74) is 4.98. The Kier molecular flexibility index (Phi) is 6.98. The lowest BCUT2D eigenvalue weighted by atomic mass is 9.86. The first-order chi connectivity index (χ1) is 17.0. The second-order valence-electron chi connectivity index (χ2n) is 9.25. The summed E-state index contributed by atoms with van der Waals surface area (Å²) < 4.78 is 25.3. The molecule has 0 bridgehead atoms. The zero-order chi connectivity index (χ0) is 24.4. The van der Waals surface area contributed by atoms with Gasteiger partial charge in [0, 0.05) is 35.2 Å². The Labute approximate surface area is 210 Å². The minimum atomic E-state index is -0.315. The van der Waals surface area contributed by atoms with Crippen molar-refractivity contribution in [1.29, 1.82) is 0 Å². The molecule has 35 heavy (non-hydrogen) atoms. The molecule has 1 N–H and O–H groups in total. The number of rotatable bonds is 7. The number of fused-ring (bicyclic) bond motifs is 1. The maximum Gasteiger partial charge on any atom is 0.150 e. The van der Waals surface area contributed by atoms with Gasteiger partial charge in [-0.3, -0.25) is 9.29 Å². The number of phenolic OH excluding ortho intramolecular Hbond substituents is 1. The fourth-order valence-corrected chi connectivity index (χ4v) is 5.07. The minimum Gasteiger partial charge on any atom is -0.508 e. The number of ether oxygens (including phenoxy) is 2. The van der Waals surface area contributed by atoms with Crippen molar-refractivity contribution in [2.75, 3.05) is 32.9 Å². The summed E-state index contributed by atoms with van der Waals surface area (Å²) >= 11 is 6.14. The van der Waals surface area contributed by atoms with Crippen LogP contribution in [0.5, 0.6) is 17.2 Å². The summed E-state index contributed by atoms with van der Waals surface area (Å²) in [6.07, 6.45) is 0.614. The van der Waals surface area contributed by atoms with Crippen LogP contribution in [0, 0.1) is 5.92 Å². The molecule has 0 radical (unpaired) electrons. The third-order valence-corrected chi connectivity index (χ3v) is 7.13. The molecule has 182 valence electrons. The van der Waals surface area contributed by atoms with Gasteiger partial charge in [-0.2, -0.15) is 0 Å². The van der Waals surface area contributed by atoms with E-state index in [1.165, 1.54) is 0 Å². The van der Waals surface area contributed by atoms with Crippen molar-refractivity contribution >= 4 is 22.7 Å². The van der Waals surface area contributed by atoms with E-state index in [4.69, 9.17) is 21.1 Å². The predicted octanol–water partition coefficient (Wildman–Crippen LogP) is 6.78. The van der Waals surface area contributed by atoms with Gasteiger partial charge < -0.3 is 14.6 Å². The third-order valence-electron chi connectivity index (χ3n) is 6.88. The molecule has 0 aromatic heterocycles. The topological polar surface area (TPSA) is 41.9 Å². The number of nitrogens with zero attached hydrogens (tertiary/aromatic N) is 1. The fraction of sp³-hybridized carbons (Fsp3) is 0.310. The second kappa shape index (κ2) is 10.3. The van der Waals surface area contributed by atoms with Crippen LogP contribution in [-0.2, 0) is 0 Å². The molecule has 3 aromatic carbocycles. The number of halogens is 2. The number of likely N-dealkylation sites (tertiary alicyclic amines) is 1. The van der Waals surface area contributed by atoms with Gasteiger partial charge in [0.05, 0.1) is 6.67 Å². The Morgan fingerprint density at radius 3 is 2.57 bits per heavy atom. The number of phenols is 1. The molecule has 2 aliphatic rings. The van der Waals surface area contributed by atoms with E-state index in [-0.39, 0.29) is 24.4 Å². The van der Waals surface area contributed by atoms with Crippen molar-refractivity contribution in [3.63, 3.8) is 0 Å². The summed E-state index contributed by atoms with van der Waals surface area (Å²) in [6, 6.07) is 20.9. The molecule has 2 atom stereocenters. The normalized spacial score (nSPS) is 20.0. The zero-order valence-corrected chi connectivity index (χ0v) is 20.5. The fourth-order valence-electron chi connectivity index (χ4n) is 4.95. The van der Waals surface area contributed by atoms with E-state index >= 15 is 0 Å². The van der Waals surface area contributed by atoms with Crippen molar-refractivity contribution in [2.24, 2.45) is 5.92 Å². The van der Waals surface area contributed by atoms with Crippen LogP contribution >= 0.6 is 11.6 Å². The minimum absolute atomic E-state index is 0.172. The van der Waals surface area contributed by atoms with Crippen LogP contribution in [0.25, 0.3) is 11.1 Å². The van der Waals surface area contributed by atoms with Crippen molar-refractivity contribution < 1.29 is 19.0 Å². The molecular weight excluding hydrogens is 465 g/mol. The molecule has 2 heterocycles. The largest absolute Gasteiger partial charge is 0.508 e. The van der Waals surface area contributed by atoms with Crippen molar-refractivity contribution in [3.05, 3.63) is 88.4 Å². The highest BCUT2D eigenvalue weighted by Gasteiger charge is 2.29. The quantitative estimate of drug-likeness (QED) is 0.394. The monoisotopic (exact) mass is 493 g/mol. The second-order valence-corrected chi connectivity index (χ2v) is 9.69. The van der Waals surface area contributed by atoms with Gasteiger partial charge in [0.15, 0.2) is 0 Å². The van der Waals surface area contributed by atoms with Gasteiger partial charge in [-0.05, 0) is 79.1 Å². The number of hydrogen-bond donors (Lipinski definition) is 1. The highest BCUT2D eigenvalue weighted by atomic mass is 35.5. The molecular formula is C29H29ClFNO3. The molecule has 4 nitrogen and oxygen atoms in total. The number of allylic oxidation sites excluding steroid dienone is 1. The van der Waals surface area contributed by atoms with Gasteiger partial charge >= 0.3 is 0 Å². The molecule has 1 fully saturated rings. The maximum atomic E-state index is 12.8. The average Bonchev–Trinajstić information content (AvgIpc) is 3.34. The SMILES string of the molecule is CC1=C(c2ccc(Cl)cc2)C(c2ccc(OCCN3CCC(CF)C3)cc2)Oc2ccc(O)cc21. The van der Waals surface area contributed by atoms with E-state index in [0.717, 1.165) is 65.4 Å². The summed E-state index contributed by atoms with van der Waals surface area (Å²) in [4.78, 5) is 2.26. The lowest BCUT2D eigenvalue weighted by Gasteiger charge is -2.31. The van der Waals surface area contributed by atoms with Crippen LogP contribution in [0.4, 0.5) is 4.39 Å². The first-order valence-electron chi connectivity index (χ1n) is 12.0. The molecule has 2 unspecified atom stereocenters. The van der Waals surface area contributed by atoms with Crippen molar-refractivity contribution in [1.82, 2.24) is 4.90 Å². The molecule has 5 rings (SSSR count). The highest BCUT2D eigenvalue weighted by Crippen LogP contribution is 2.47. The van der Waals surface area contributed by atoms with Crippen LogP contribution in [0.1, 0.15) is 36.1 Å². The molecule has 0 aliphatic carbocycles. The highest BCUT2D eigenvalue weighted by molar-refractivity contribution is 6.30. The molecule has 6 heteroatoms. The molecule has 3 aromatic rings. The van der Waals surface area contributed by atoms with Gasteiger partial charge in [0.25, 0.3) is 0 Å². The van der Waals surface area contributed by atoms with Gasteiger partial charge in [0.1, 0.15) is 30.0 Å². The first-order valence-corrected chi connectivity index (χ1v) is 12.4. The maximum absolute atomic E-state index is 12.8. The standard InChI is InChI=1S/C29H29ClFNO3/c1-19-26-16-24(33)8-11-27(26)35-29(28(19)21-2-6-23(30)7-3-21)22-4-9-25(10-5-22)34-15-14-32-13-12-20(17-31)18-32/h2-11,16,20,29,33H,12-15,17-18H2,1H3. The molecule has 0 saturated carbocycles. The van der Waals surface area contributed by atoms with Crippen LogP contribution in [0.15, 0.2) is 66.7 Å². The smallest absolute Gasteiger partial charge is 0.150 e. The van der Waals surface area contributed by atoms with Crippen LogP contribution in [-0.4, -0.2) is 42.9 Å². The van der Waals surface area contributed by atoms with Gasteiger partial charge in [-0.25, -0.2) is 0 Å². The van der Waals surface area contributed by atoms with E-state index in [1.807, 2.05) is 54.6 Å². The zero-order valence-electron chi connectivity index (χ0n) is 19.7. The van der Waals surface area contributed by atoms with E-state index < -0.39 is 0 Å². The van der Waals surface area contributed by atoms with Gasteiger partial charge in [-0.15, -0.1) is 0 Å². The van der Waals surface area contributed by atoms with E-state index in [2.05, 4.69) is 11.8 Å². The Hall–Kier alpha value is -3.02.